The average molecular weight is 454 g/mol. The van der Waals surface area contributed by atoms with Crippen LogP contribution < -0.4 is 5.43 Å². The number of hydrogen-bond donors (Lipinski definition) is 3. The van der Waals surface area contributed by atoms with Crippen molar-refractivity contribution in [1.29, 1.82) is 10.9 Å². The zero-order valence-corrected chi connectivity index (χ0v) is 19.1. The fourth-order valence-corrected chi connectivity index (χ4v) is 3.17. The predicted octanol–water partition coefficient (Wildman–Crippen LogP) is 3.75. The van der Waals surface area contributed by atoms with Gasteiger partial charge < -0.3 is 10.3 Å². The SMILES string of the molecule is CCN(C(=O)c1nc(C)ccc1N/N=C\C=N)[C@@H](C)CN(C)/N=C(\N=N)c1ccc(F)cc1. The highest BCUT2D eigenvalue weighted by Crippen LogP contribution is 2.18. The lowest BCUT2D eigenvalue weighted by Gasteiger charge is -2.30. The number of hydrazone groups is 2. The molecule has 0 spiro atoms. The second kappa shape index (κ2) is 12.1. The van der Waals surface area contributed by atoms with Crippen molar-refractivity contribution in [3.8, 4) is 0 Å². The van der Waals surface area contributed by atoms with Gasteiger partial charge in [-0.25, -0.2) is 14.9 Å². The highest BCUT2D eigenvalue weighted by atomic mass is 19.1. The van der Waals surface area contributed by atoms with Crippen molar-refractivity contribution >= 4 is 29.9 Å². The van der Waals surface area contributed by atoms with E-state index >= 15 is 0 Å². The fraction of sp³-hybridized carbons (Fsp3) is 0.318. The Hall–Kier alpha value is -4.02. The lowest BCUT2D eigenvalue weighted by molar-refractivity contribution is 0.0667. The van der Waals surface area contributed by atoms with Crippen molar-refractivity contribution in [2.24, 2.45) is 15.3 Å². The Morgan fingerprint density at radius 1 is 1.27 bits per heavy atom. The predicted molar refractivity (Wildman–Crippen MR) is 127 cm³/mol. The average Bonchev–Trinajstić information content (AvgIpc) is 2.79. The van der Waals surface area contributed by atoms with Crippen molar-refractivity contribution in [3.05, 3.63) is 59.2 Å². The third-order valence-electron chi connectivity index (χ3n) is 4.71. The Kier molecular flexibility index (Phi) is 9.28. The van der Waals surface area contributed by atoms with Gasteiger partial charge in [-0.15, -0.1) is 5.11 Å². The van der Waals surface area contributed by atoms with Gasteiger partial charge in [-0.2, -0.15) is 10.2 Å². The molecule has 0 saturated heterocycles. The van der Waals surface area contributed by atoms with Crippen LogP contribution in [0.2, 0.25) is 0 Å². The van der Waals surface area contributed by atoms with Gasteiger partial charge in [-0.3, -0.25) is 15.2 Å². The maximum atomic E-state index is 13.3. The molecule has 2 rings (SSSR count). The van der Waals surface area contributed by atoms with Crippen LogP contribution in [0.1, 0.15) is 35.6 Å². The summed E-state index contributed by atoms with van der Waals surface area (Å²) in [6.07, 6.45) is 2.29. The Morgan fingerprint density at radius 3 is 2.58 bits per heavy atom. The minimum atomic E-state index is -0.385. The summed E-state index contributed by atoms with van der Waals surface area (Å²) in [5.41, 5.74) is 12.0. The van der Waals surface area contributed by atoms with E-state index < -0.39 is 0 Å². The van der Waals surface area contributed by atoms with Gasteiger partial charge in [0.1, 0.15) is 5.82 Å². The molecule has 3 N–H and O–H groups in total. The van der Waals surface area contributed by atoms with Gasteiger partial charge >= 0.3 is 0 Å². The molecule has 0 bridgehead atoms. The summed E-state index contributed by atoms with van der Waals surface area (Å²) in [5.74, 6) is -0.526. The Balaban J connectivity index is 2.21. The first-order valence-electron chi connectivity index (χ1n) is 10.3. The molecule has 1 aromatic carbocycles. The molecule has 0 aliphatic rings. The molecule has 0 unspecified atom stereocenters. The summed E-state index contributed by atoms with van der Waals surface area (Å²) in [6.45, 7) is 6.35. The van der Waals surface area contributed by atoms with Gasteiger partial charge in [0.15, 0.2) is 11.5 Å². The van der Waals surface area contributed by atoms with E-state index in [9.17, 15) is 9.18 Å². The highest BCUT2D eigenvalue weighted by molar-refractivity contribution is 6.14. The van der Waals surface area contributed by atoms with E-state index in [1.54, 1.807) is 36.0 Å². The minimum absolute atomic E-state index is 0.134. The molecule has 0 fully saturated rings. The van der Waals surface area contributed by atoms with Crippen LogP contribution in [0.5, 0.6) is 0 Å². The topological polar surface area (TPSA) is 133 Å². The first-order valence-corrected chi connectivity index (χ1v) is 10.3. The molecule has 33 heavy (non-hydrogen) atoms. The number of aromatic nitrogens is 1. The van der Waals surface area contributed by atoms with E-state index in [0.29, 0.717) is 30.0 Å². The minimum Gasteiger partial charge on any atom is -0.333 e. The van der Waals surface area contributed by atoms with E-state index in [2.05, 4.69) is 25.7 Å². The molecule has 1 atom stereocenters. The van der Waals surface area contributed by atoms with E-state index in [-0.39, 0.29) is 29.3 Å². The van der Waals surface area contributed by atoms with Gasteiger partial charge in [0.2, 0.25) is 0 Å². The second-order valence-corrected chi connectivity index (χ2v) is 7.23. The molecule has 1 heterocycles. The molecular formula is C22H28FN9O. The van der Waals surface area contributed by atoms with Crippen molar-refractivity contribution < 1.29 is 9.18 Å². The van der Waals surface area contributed by atoms with E-state index in [0.717, 1.165) is 6.21 Å². The number of pyridine rings is 1. The number of halogens is 1. The zero-order valence-electron chi connectivity index (χ0n) is 19.1. The summed E-state index contributed by atoms with van der Waals surface area (Å²) >= 11 is 0. The number of anilines is 1. The van der Waals surface area contributed by atoms with Gasteiger partial charge in [0.05, 0.1) is 18.4 Å². The van der Waals surface area contributed by atoms with E-state index in [1.807, 2.05) is 13.8 Å². The number of likely N-dealkylation sites (N-methyl/N-ethyl adjacent to an activating group) is 2. The van der Waals surface area contributed by atoms with Gasteiger partial charge in [-0.05, 0) is 57.2 Å². The molecule has 2 aromatic rings. The standard InChI is InChI=1S/C22H28FN9O/c1-5-32(22(33)20-19(29-26-13-12-24)11-6-15(2)27-20)16(3)14-31(4)30-21(28-25)17-7-9-18(23)10-8-17/h6-13,16,24-25,29H,5,14H2,1-4H3/b24-12?,26-13-,28-25?,30-21-/t16-/m0/s1. The van der Waals surface area contributed by atoms with Gasteiger partial charge in [0, 0.05) is 37.1 Å². The largest absolute Gasteiger partial charge is 0.333 e. The molecule has 1 amide bonds. The molecule has 0 aliphatic carbocycles. The van der Waals surface area contributed by atoms with E-state index in [4.69, 9.17) is 10.9 Å². The number of aryl methyl sites for hydroxylation is 1. The molecule has 174 valence electrons. The smallest absolute Gasteiger partial charge is 0.274 e. The summed E-state index contributed by atoms with van der Waals surface area (Å²) in [4.78, 5) is 19.4. The van der Waals surface area contributed by atoms with Crippen LogP contribution >= 0.6 is 0 Å². The number of benzene rings is 1. The molecular weight excluding hydrogens is 425 g/mol. The van der Waals surface area contributed by atoms with Crippen LogP contribution in [0.3, 0.4) is 0 Å². The number of amides is 1. The van der Waals surface area contributed by atoms with Gasteiger partial charge in [0.25, 0.3) is 5.91 Å². The van der Waals surface area contributed by atoms with Crippen LogP contribution in [0.25, 0.3) is 0 Å². The summed E-state index contributed by atoms with van der Waals surface area (Å²) in [7, 11) is 1.72. The Morgan fingerprint density at radius 2 is 1.97 bits per heavy atom. The van der Waals surface area contributed by atoms with Crippen LogP contribution in [0, 0.1) is 23.7 Å². The van der Waals surface area contributed by atoms with Crippen molar-refractivity contribution in [2.75, 3.05) is 25.6 Å². The zero-order chi connectivity index (χ0) is 24.4. The number of nitrogens with one attached hydrogen (secondary N) is 3. The lowest BCUT2D eigenvalue weighted by Crippen LogP contribution is -2.44. The molecule has 10 nitrogen and oxygen atoms in total. The lowest BCUT2D eigenvalue weighted by atomic mass is 10.2. The third kappa shape index (κ3) is 6.99. The van der Waals surface area contributed by atoms with Crippen molar-refractivity contribution in [3.63, 3.8) is 0 Å². The maximum Gasteiger partial charge on any atom is 0.274 e. The number of rotatable bonds is 10. The summed E-state index contributed by atoms with van der Waals surface area (Å²) < 4.78 is 13.2. The summed E-state index contributed by atoms with van der Waals surface area (Å²) in [5, 5.41) is 20.3. The Bertz CT molecular complexity index is 1040. The van der Waals surface area contributed by atoms with Crippen LogP contribution in [-0.2, 0) is 0 Å². The monoisotopic (exact) mass is 453 g/mol. The van der Waals surface area contributed by atoms with E-state index in [1.165, 1.54) is 30.5 Å². The normalized spacial score (nSPS) is 12.3. The fourth-order valence-electron chi connectivity index (χ4n) is 3.17. The molecule has 0 radical (unpaired) electrons. The first-order chi connectivity index (χ1) is 15.8. The number of carbonyl (C=O) groups is 1. The Labute approximate surface area is 192 Å². The van der Waals surface area contributed by atoms with Crippen LogP contribution in [0.4, 0.5) is 10.1 Å². The number of carbonyl (C=O) groups excluding carboxylic acids is 1. The third-order valence-corrected chi connectivity index (χ3v) is 4.71. The van der Waals surface area contributed by atoms with Gasteiger partial charge in [-0.1, -0.05) is 0 Å². The number of hydrogen-bond acceptors (Lipinski definition) is 8. The molecule has 0 saturated carbocycles. The molecule has 1 aromatic heterocycles. The quantitative estimate of drug-likeness (QED) is 0.219. The number of amidine groups is 1. The van der Waals surface area contributed by atoms with Crippen LogP contribution in [0.15, 0.2) is 51.7 Å². The maximum absolute atomic E-state index is 13.3. The van der Waals surface area contributed by atoms with Crippen molar-refractivity contribution in [1.82, 2.24) is 14.9 Å². The first kappa shape index (κ1) is 25.2. The summed E-state index contributed by atoms with van der Waals surface area (Å²) in [6, 6.07) is 8.80. The van der Waals surface area contributed by atoms with Crippen LogP contribution in [-0.4, -0.2) is 65.2 Å². The van der Waals surface area contributed by atoms with Crippen molar-refractivity contribution in [2.45, 2.75) is 26.8 Å². The molecule has 11 heteroatoms. The second-order valence-electron chi connectivity index (χ2n) is 7.23. The molecule has 0 aliphatic heterocycles. The number of nitrogens with zero attached hydrogens (tertiary/aromatic N) is 6. The highest BCUT2D eigenvalue weighted by Gasteiger charge is 2.25.